The molecule has 2 aromatic carbocycles. The zero-order chi connectivity index (χ0) is 18.5. The van der Waals surface area contributed by atoms with E-state index in [1.807, 2.05) is 12.1 Å². The average molecular weight is 372 g/mol. The van der Waals surface area contributed by atoms with Crippen molar-refractivity contribution >= 4 is 40.6 Å². The van der Waals surface area contributed by atoms with Gasteiger partial charge in [0.1, 0.15) is 0 Å². The molecule has 0 saturated carbocycles. The van der Waals surface area contributed by atoms with E-state index in [9.17, 15) is 14.9 Å². The number of hydrogen-bond donors (Lipinski definition) is 1. The molecule has 1 amide bonds. The summed E-state index contributed by atoms with van der Waals surface area (Å²) in [6.07, 6.45) is 5.19. The van der Waals surface area contributed by atoms with Crippen LogP contribution in [0.3, 0.4) is 0 Å². The first kappa shape index (κ1) is 17.9. The predicted molar refractivity (Wildman–Crippen MR) is 104 cm³/mol. The van der Waals surface area contributed by atoms with Crippen LogP contribution in [0.2, 0.25) is 5.02 Å². The molecule has 1 saturated heterocycles. The molecular weight excluding hydrogens is 354 g/mol. The van der Waals surface area contributed by atoms with Crippen molar-refractivity contribution in [1.82, 2.24) is 0 Å². The first-order valence-corrected chi connectivity index (χ1v) is 8.69. The van der Waals surface area contributed by atoms with Gasteiger partial charge in [0.25, 0.3) is 5.69 Å². The summed E-state index contributed by atoms with van der Waals surface area (Å²) in [5.74, 6) is -0.332. The fourth-order valence-corrected chi connectivity index (χ4v) is 3.20. The quantitative estimate of drug-likeness (QED) is 0.477. The van der Waals surface area contributed by atoms with Gasteiger partial charge in [-0.05, 0) is 42.7 Å². The zero-order valence-electron chi connectivity index (χ0n) is 14.0. The Labute approximate surface area is 156 Å². The highest BCUT2D eigenvalue weighted by atomic mass is 35.5. The van der Waals surface area contributed by atoms with Crippen molar-refractivity contribution in [1.29, 1.82) is 0 Å². The minimum absolute atomic E-state index is 0.0168. The highest BCUT2D eigenvalue weighted by molar-refractivity contribution is 6.33. The Bertz CT molecular complexity index is 861. The van der Waals surface area contributed by atoms with Gasteiger partial charge in [-0.15, -0.1) is 0 Å². The molecular formula is C19H18ClN3O3. The van der Waals surface area contributed by atoms with Crippen molar-refractivity contribution in [3.05, 3.63) is 69.2 Å². The second-order valence-corrected chi connectivity index (χ2v) is 6.44. The molecule has 0 unspecified atom stereocenters. The fraction of sp³-hybridized carbons (Fsp3) is 0.211. The second-order valence-electron chi connectivity index (χ2n) is 6.04. The molecule has 1 N–H and O–H groups in total. The van der Waals surface area contributed by atoms with E-state index in [0.29, 0.717) is 16.3 Å². The highest BCUT2D eigenvalue weighted by Crippen LogP contribution is 2.31. The molecule has 0 bridgehead atoms. The van der Waals surface area contributed by atoms with E-state index in [2.05, 4.69) is 10.2 Å². The van der Waals surface area contributed by atoms with E-state index >= 15 is 0 Å². The van der Waals surface area contributed by atoms with Gasteiger partial charge in [0.15, 0.2) is 0 Å². The van der Waals surface area contributed by atoms with Gasteiger partial charge in [-0.2, -0.15) is 0 Å². The van der Waals surface area contributed by atoms with Crippen molar-refractivity contribution in [3.63, 3.8) is 0 Å². The maximum absolute atomic E-state index is 12.1. The SMILES string of the molecule is O=C(/C=C/c1cccc([N+](=O)[O-])c1)Nc1ccc(N2CCCC2)c(Cl)c1. The lowest BCUT2D eigenvalue weighted by atomic mass is 10.2. The maximum atomic E-state index is 12.1. The van der Waals surface area contributed by atoms with Crippen LogP contribution in [0.4, 0.5) is 17.1 Å². The van der Waals surface area contributed by atoms with Crippen LogP contribution in [0.5, 0.6) is 0 Å². The molecule has 134 valence electrons. The Balaban J connectivity index is 1.65. The average Bonchev–Trinajstić information content (AvgIpc) is 3.14. The predicted octanol–water partition coefficient (Wildman–Crippen LogP) is 4.50. The van der Waals surface area contributed by atoms with Crippen LogP contribution >= 0.6 is 11.6 Å². The minimum atomic E-state index is -0.471. The molecule has 26 heavy (non-hydrogen) atoms. The number of nitrogens with one attached hydrogen (secondary N) is 1. The van der Waals surface area contributed by atoms with E-state index < -0.39 is 4.92 Å². The summed E-state index contributed by atoms with van der Waals surface area (Å²) in [7, 11) is 0. The Kier molecular flexibility index (Phi) is 5.53. The number of nitrogens with zero attached hydrogens (tertiary/aromatic N) is 2. The highest BCUT2D eigenvalue weighted by Gasteiger charge is 2.15. The van der Waals surface area contributed by atoms with Crippen LogP contribution in [0.15, 0.2) is 48.5 Å². The maximum Gasteiger partial charge on any atom is 0.270 e. The van der Waals surface area contributed by atoms with Gasteiger partial charge in [-0.25, -0.2) is 0 Å². The van der Waals surface area contributed by atoms with Crippen LogP contribution in [-0.4, -0.2) is 23.9 Å². The van der Waals surface area contributed by atoms with Gasteiger partial charge in [0, 0.05) is 37.0 Å². The number of carbonyl (C=O) groups excluding carboxylic acids is 1. The summed E-state index contributed by atoms with van der Waals surface area (Å²) in [5, 5.41) is 14.1. The summed E-state index contributed by atoms with van der Waals surface area (Å²) in [6.45, 7) is 1.99. The van der Waals surface area contributed by atoms with Gasteiger partial charge in [-0.3, -0.25) is 14.9 Å². The summed E-state index contributed by atoms with van der Waals surface area (Å²) in [6, 6.07) is 11.5. The number of non-ortho nitro benzene ring substituents is 1. The third-order valence-electron chi connectivity index (χ3n) is 4.17. The number of carbonyl (C=O) groups is 1. The molecule has 0 radical (unpaired) electrons. The molecule has 6 nitrogen and oxygen atoms in total. The van der Waals surface area contributed by atoms with E-state index in [-0.39, 0.29) is 11.6 Å². The van der Waals surface area contributed by atoms with Crippen molar-refractivity contribution in [3.8, 4) is 0 Å². The largest absolute Gasteiger partial charge is 0.370 e. The number of nitro benzene ring substituents is 1. The molecule has 1 aliphatic rings. The molecule has 0 atom stereocenters. The third-order valence-corrected chi connectivity index (χ3v) is 4.47. The molecule has 0 aromatic heterocycles. The molecule has 2 aromatic rings. The Hall–Kier alpha value is -2.86. The zero-order valence-corrected chi connectivity index (χ0v) is 14.8. The third kappa shape index (κ3) is 4.40. The Morgan fingerprint density at radius 2 is 1.96 bits per heavy atom. The Morgan fingerprint density at radius 3 is 2.65 bits per heavy atom. The summed E-state index contributed by atoms with van der Waals surface area (Å²) < 4.78 is 0. The van der Waals surface area contributed by atoms with Crippen LogP contribution in [0.25, 0.3) is 6.08 Å². The topological polar surface area (TPSA) is 75.5 Å². The second kappa shape index (κ2) is 8.01. The number of amides is 1. The van der Waals surface area contributed by atoms with Gasteiger partial charge in [0.2, 0.25) is 5.91 Å². The van der Waals surface area contributed by atoms with Crippen molar-refractivity contribution in [2.45, 2.75) is 12.8 Å². The fourth-order valence-electron chi connectivity index (χ4n) is 2.90. The molecule has 0 spiro atoms. The lowest BCUT2D eigenvalue weighted by Gasteiger charge is -2.19. The Morgan fingerprint density at radius 1 is 1.19 bits per heavy atom. The normalized spacial score (nSPS) is 14.0. The monoisotopic (exact) mass is 371 g/mol. The number of halogens is 1. The molecule has 3 rings (SSSR count). The number of rotatable bonds is 5. The standard InChI is InChI=1S/C19H18ClN3O3/c20-17-13-15(7-8-18(17)22-10-1-2-11-22)21-19(24)9-6-14-4-3-5-16(12-14)23(25)26/h3-9,12-13H,1-2,10-11H2,(H,21,24)/b9-6+. The van der Waals surface area contributed by atoms with Gasteiger partial charge < -0.3 is 10.2 Å². The van der Waals surface area contributed by atoms with E-state index in [1.165, 1.54) is 24.3 Å². The lowest BCUT2D eigenvalue weighted by Crippen LogP contribution is -2.18. The van der Waals surface area contributed by atoms with Gasteiger partial charge in [-0.1, -0.05) is 23.7 Å². The molecule has 1 fully saturated rings. The van der Waals surface area contributed by atoms with Crippen molar-refractivity contribution < 1.29 is 9.72 Å². The van der Waals surface area contributed by atoms with E-state index in [4.69, 9.17) is 11.6 Å². The van der Waals surface area contributed by atoms with Gasteiger partial charge >= 0.3 is 0 Å². The minimum Gasteiger partial charge on any atom is -0.370 e. The first-order valence-electron chi connectivity index (χ1n) is 8.31. The summed E-state index contributed by atoms with van der Waals surface area (Å²) in [5.41, 5.74) is 2.15. The van der Waals surface area contributed by atoms with Crippen molar-refractivity contribution in [2.24, 2.45) is 0 Å². The van der Waals surface area contributed by atoms with Gasteiger partial charge in [0.05, 0.1) is 15.6 Å². The number of nitro groups is 1. The van der Waals surface area contributed by atoms with Crippen LogP contribution < -0.4 is 10.2 Å². The molecule has 1 aliphatic heterocycles. The molecule has 0 aliphatic carbocycles. The number of benzene rings is 2. The van der Waals surface area contributed by atoms with E-state index in [0.717, 1.165) is 31.6 Å². The summed E-state index contributed by atoms with van der Waals surface area (Å²) >= 11 is 6.34. The molecule has 1 heterocycles. The van der Waals surface area contributed by atoms with Crippen LogP contribution in [0, 0.1) is 10.1 Å². The van der Waals surface area contributed by atoms with Crippen molar-refractivity contribution in [2.75, 3.05) is 23.3 Å². The lowest BCUT2D eigenvalue weighted by molar-refractivity contribution is -0.384. The molecule has 7 heteroatoms. The number of hydrogen-bond acceptors (Lipinski definition) is 4. The first-order chi connectivity index (χ1) is 12.5. The number of anilines is 2. The van der Waals surface area contributed by atoms with Crippen LogP contribution in [0.1, 0.15) is 18.4 Å². The van der Waals surface area contributed by atoms with Crippen LogP contribution in [-0.2, 0) is 4.79 Å². The smallest absolute Gasteiger partial charge is 0.270 e. The summed E-state index contributed by atoms with van der Waals surface area (Å²) in [4.78, 5) is 24.6. The van der Waals surface area contributed by atoms with E-state index in [1.54, 1.807) is 18.2 Å².